The van der Waals surface area contributed by atoms with Crippen molar-refractivity contribution in [3.8, 4) is 28.9 Å². The van der Waals surface area contributed by atoms with Crippen molar-refractivity contribution in [2.75, 3.05) is 18.6 Å². The highest BCUT2D eigenvalue weighted by molar-refractivity contribution is 5.67. The molecule has 0 saturated carbocycles. The van der Waals surface area contributed by atoms with Gasteiger partial charge in [-0.2, -0.15) is 5.10 Å². The van der Waals surface area contributed by atoms with Crippen LogP contribution >= 0.6 is 0 Å². The largest absolute Gasteiger partial charge is 0.490 e. The van der Waals surface area contributed by atoms with Gasteiger partial charge in [0.05, 0.1) is 19.9 Å². The zero-order valence-electron chi connectivity index (χ0n) is 14.8. The fourth-order valence-corrected chi connectivity index (χ4v) is 2.77. The molecule has 4 N–H and O–H groups in total. The zero-order chi connectivity index (χ0) is 19.7. The smallest absolute Gasteiger partial charge is 0.244 e. The van der Waals surface area contributed by atoms with Crippen LogP contribution in [0.3, 0.4) is 0 Å². The van der Waals surface area contributed by atoms with Crippen molar-refractivity contribution in [1.82, 2.24) is 24.7 Å². The lowest BCUT2D eigenvalue weighted by atomic mass is 10.2. The number of rotatable bonds is 5. The Labute approximate surface area is 158 Å². The normalized spacial score (nSPS) is 10.9. The van der Waals surface area contributed by atoms with Crippen molar-refractivity contribution in [2.45, 2.75) is 6.54 Å². The van der Waals surface area contributed by atoms with Crippen molar-refractivity contribution in [3.05, 3.63) is 54.2 Å². The first-order valence-corrected chi connectivity index (χ1v) is 8.25. The quantitative estimate of drug-likeness (QED) is 0.539. The average Bonchev–Trinajstić information content (AvgIpc) is 3.33. The molecule has 0 aliphatic heterocycles. The summed E-state index contributed by atoms with van der Waals surface area (Å²) >= 11 is 0. The van der Waals surface area contributed by atoms with E-state index in [0.717, 1.165) is 0 Å². The lowest BCUT2D eigenvalue weighted by Crippen LogP contribution is -2.07. The second kappa shape index (κ2) is 6.99. The van der Waals surface area contributed by atoms with Gasteiger partial charge in [-0.3, -0.25) is 4.68 Å². The van der Waals surface area contributed by atoms with Crippen LogP contribution in [-0.2, 0) is 6.54 Å². The second-order valence-corrected chi connectivity index (χ2v) is 5.85. The van der Waals surface area contributed by atoms with Crippen molar-refractivity contribution < 1.29 is 13.5 Å². The van der Waals surface area contributed by atoms with Crippen LogP contribution in [0.25, 0.3) is 23.1 Å². The molecule has 0 aliphatic carbocycles. The molecule has 0 bridgehead atoms. The number of anilines is 2. The van der Waals surface area contributed by atoms with Gasteiger partial charge in [-0.15, -0.1) is 0 Å². The van der Waals surface area contributed by atoms with Gasteiger partial charge in [0.2, 0.25) is 11.6 Å². The Kier molecular flexibility index (Phi) is 4.36. The molecule has 3 aromatic heterocycles. The monoisotopic (exact) mass is 381 g/mol. The molecule has 0 atom stereocenters. The second-order valence-electron chi connectivity index (χ2n) is 5.85. The summed E-state index contributed by atoms with van der Waals surface area (Å²) in [7, 11) is 1.43. The zero-order valence-corrected chi connectivity index (χ0v) is 14.8. The van der Waals surface area contributed by atoms with Crippen molar-refractivity contribution in [1.29, 1.82) is 0 Å². The van der Waals surface area contributed by atoms with Gasteiger partial charge in [-0.1, -0.05) is 18.2 Å². The number of oxazole rings is 1. The van der Waals surface area contributed by atoms with E-state index in [1.165, 1.54) is 25.6 Å². The summed E-state index contributed by atoms with van der Waals surface area (Å²) in [5.74, 6) is 0.563. The number of nitrogens with zero attached hydrogens (tertiary/aromatic N) is 5. The molecule has 3 heterocycles. The molecular weight excluding hydrogens is 365 g/mol. The summed E-state index contributed by atoms with van der Waals surface area (Å²) in [6.45, 7) is 0.158. The van der Waals surface area contributed by atoms with E-state index in [4.69, 9.17) is 20.6 Å². The summed E-state index contributed by atoms with van der Waals surface area (Å²) in [6, 6.07) is 8.11. The van der Waals surface area contributed by atoms with Crippen LogP contribution in [0.1, 0.15) is 5.56 Å². The Morgan fingerprint density at radius 2 is 1.93 bits per heavy atom. The van der Waals surface area contributed by atoms with E-state index in [1.807, 2.05) is 0 Å². The number of nitrogens with two attached hydrogens (primary N) is 2. The Hall–Kier alpha value is -3.95. The fourth-order valence-electron chi connectivity index (χ4n) is 2.77. The SMILES string of the molecule is COc1c(N)nc(-c2cc(-c3ncco3)n(Cc3ccccc3F)n2)nc1N. The fraction of sp³-hybridized carbons (Fsp3) is 0.111. The van der Waals surface area contributed by atoms with Gasteiger partial charge in [0.25, 0.3) is 0 Å². The van der Waals surface area contributed by atoms with Crippen LogP contribution in [0, 0.1) is 5.82 Å². The molecule has 0 amide bonds. The van der Waals surface area contributed by atoms with Gasteiger partial charge in [0, 0.05) is 11.6 Å². The van der Waals surface area contributed by atoms with Crippen LogP contribution < -0.4 is 16.2 Å². The number of aromatic nitrogens is 5. The Balaban J connectivity index is 1.81. The van der Waals surface area contributed by atoms with E-state index < -0.39 is 0 Å². The summed E-state index contributed by atoms with van der Waals surface area (Å²) in [6.07, 6.45) is 2.95. The maximum absolute atomic E-state index is 14.1. The van der Waals surface area contributed by atoms with E-state index in [0.29, 0.717) is 22.8 Å². The molecule has 4 rings (SSSR count). The van der Waals surface area contributed by atoms with Gasteiger partial charge < -0.3 is 20.6 Å². The Bertz CT molecular complexity index is 1100. The van der Waals surface area contributed by atoms with E-state index >= 15 is 0 Å². The summed E-state index contributed by atoms with van der Waals surface area (Å²) in [5.41, 5.74) is 13.1. The third-order valence-electron chi connectivity index (χ3n) is 4.06. The van der Waals surface area contributed by atoms with Gasteiger partial charge in [-0.05, 0) is 6.07 Å². The third-order valence-corrected chi connectivity index (χ3v) is 4.06. The van der Waals surface area contributed by atoms with Crippen molar-refractivity contribution in [3.63, 3.8) is 0 Å². The van der Waals surface area contributed by atoms with Gasteiger partial charge >= 0.3 is 0 Å². The third kappa shape index (κ3) is 3.11. The molecular formula is C18H16FN7O2. The Morgan fingerprint density at radius 3 is 2.57 bits per heavy atom. The number of methoxy groups -OCH3 is 1. The number of hydrogen-bond donors (Lipinski definition) is 2. The van der Waals surface area contributed by atoms with Crippen LogP contribution in [0.5, 0.6) is 5.75 Å². The van der Waals surface area contributed by atoms with Crippen molar-refractivity contribution in [2.24, 2.45) is 0 Å². The molecule has 0 fully saturated rings. The maximum Gasteiger partial charge on any atom is 0.244 e. The standard InChI is InChI=1S/C18H16FN7O2/c1-27-14-15(20)23-17(24-16(14)21)12-8-13(18-22-6-7-28-18)26(25-12)9-10-4-2-3-5-11(10)19/h2-8H,9H2,1H3,(H4,20,21,23,24). The van der Waals surface area contributed by atoms with Crippen LogP contribution in [0.15, 0.2) is 47.2 Å². The summed E-state index contributed by atoms with van der Waals surface area (Å²) in [4.78, 5) is 12.5. The highest BCUT2D eigenvalue weighted by Gasteiger charge is 2.19. The van der Waals surface area contributed by atoms with E-state index in [-0.39, 0.29) is 35.6 Å². The minimum Gasteiger partial charge on any atom is -0.490 e. The number of halogens is 1. The van der Waals surface area contributed by atoms with Gasteiger partial charge in [0.1, 0.15) is 23.5 Å². The molecule has 4 aromatic rings. The molecule has 28 heavy (non-hydrogen) atoms. The molecule has 0 radical (unpaired) electrons. The first-order chi connectivity index (χ1) is 13.6. The van der Waals surface area contributed by atoms with E-state index in [1.54, 1.807) is 28.9 Å². The molecule has 0 saturated heterocycles. The number of nitrogen functional groups attached to an aromatic ring is 2. The topological polar surface area (TPSA) is 131 Å². The number of hydrogen-bond acceptors (Lipinski definition) is 8. The lowest BCUT2D eigenvalue weighted by Gasteiger charge is -2.07. The van der Waals surface area contributed by atoms with Crippen LogP contribution in [-0.4, -0.2) is 31.8 Å². The maximum atomic E-state index is 14.1. The average molecular weight is 381 g/mol. The van der Waals surface area contributed by atoms with E-state index in [2.05, 4.69) is 20.1 Å². The highest BCUT2D eigenvalue weighted by atomic mass is 19.1. The van der Waals surface area contributed by atoms with Crippen LogP contribution in [0.2, 0.25) is 0 Å². The predicted octanol–water partition coefficient (Wildman–Crippen LogP) is 2.36. The highest BCUT2D eigenvalue weighted by Crippen LogP contribution is 2.30. The minimum atomic E-state index is -0.341. The van der Waals surface area contributed by atoms with Crippen molar-refractivity contribution >= 4 is 11.6 Å². The molecule has 0 spiro atoms. The van der Waals surface area contributed by atoms with Gasteiger partial charge in [0.15, 0.2) is 17.5 Å². The minimum absolute atomic E-state index is 0.0892. The number of ether oxygens (including phenoxy) is 1. The molecule has 1 aromatic carbocycles. The number of benzene rings is 1. The molecule has 142 valence electrons. The van der Waals surface area contributed by atoms with E-state index in [9.17, 15) is 4.39 Å². The predicted molar refractivity (Wildman–Crippen MR) is 99.6 cm³/mol. The molecule has 9 nitrogen and oxygen atoms in total. The van der Waals surface area contributed by atoms with Gasteiger partial charge in [-0.25, -0.2) is 19.3 Å². The Morgan fingerprint density at radius 1 is 1.18 bits per heavy atom. The summed E-state index contributed by atoms with van der Waals surface area (Å²) in [5, 5.41) is 4.48. The first-order valence-electron chi connectivity index (χ1n) is 8.25. The molecule has 10 heteroatoms. The van der Waals surface area contributed by atoms with Crippen LogP contribution in [0.4, 0.5) is 16.0 Å². The first kappa shape index (κ1) is 17.5. The lowest BCUT2D eigenvalue weighted by molar-refractivity contribution is 0.416. The molecule has 0 aliphatic rings. The molecule has 0 unspecified atom stereocenters. The summed E-state index contributed by atoms with van der Waals surface area (Å²) < 4.78 is 26.1.